The van der Waals surface area contributed by atoms with Gasteiger partial charge >= 0.3 is 6.03 Å². The van der Waals surface area contributed by atoms with Crippen molar-refractivity contribution in [1.82, 2.24) is 10.2 Å². The van der Waals surface area contributed by atoms with Crippen LogP contribution in [0.5, 0.6) is 0 Å². The summed E-state index contributed by atoms with van der Waals surface area (Å²) >= 11 is 0. The van der Waals surface area contributed by atoms with Gasteiger partial charge in [0.2, 0.25) is 0 Å². The third-order valence-electron chi connectivity index (χ3n) is 6.77. The van der Waals surface area contributed by atoms with Gasteiger partial charge in [0, 0.05) is 19.1 Å². The maximum absolute atomic E-state index is 12.5. The van der Waals surface area contributed by atoms with Gasteiger partial charge in [-0.3, -0.25) is 0 Å². The zero-order chi connectivity index (χ0) is 15.7. The number of rotatable bonds is 1. The van der Waals surface area contributed by atoms with Crippen LogP contribution in [0.4, 0.5) is 4.79 Å². The van der Waals surface area contributed by atoms with Gasteiger partial charge in [-0.25, -0.2) is 13.2 Å². The molecular weight excluding hydrogens is 300 g/mol. The summed E-state index contributed by atoms with van der Waals surface area (Å²) in [6.45, 7) is 4.40. The number of sulfone groups is 1. The van der Waals surface area contributed by atoms with Crippen LogP contribution in [0.15, 0.2) is 0 Å². The number of nitrogens with zero attached hydrogens (tertiary/aromatic N) is 1. The smallest absolute Gasteiger partial charge is 0.317 e. The lowest BCUT2D eigenvalue weighted by Gasteiger charge is -2.23. The molecule has 0 aromatic carbocycles. The fraction of sp³-hybridized carbons (Fsp3) is 0.938. The van der Waals surface area contributed by atoms with E-state index in [1.807, 2.05) is 0 Å². The van der Waals surface area contributed by atoms with E-state index in [2.05, 4.69) is 5.32 Å². The summed E-state index contributed by atoms with van der Waals surface area (Å²) in [7, 11) is -3.12. The standard InChI is InChI=1S/C16H26N2O3S/c1-16(2)5-6-18(7-8-22(16,20)21)15(19)17-14-12-10-3-4-11(9-10)13(12)14/h10-14H,3-9H2,1-2H3,(H,17,19)/t10-,11-,12+,13+/m0/s1. The molecule has 0 unspecified atom stereocenters. The van der Waals surface area contributed by atoms with Crippen molar-refractivity contribution in [2.45, 2.75) is 50.3 Å². The van der Waals surface area contributed by atoms with E-state index in [0.29, 0.717) is 25.6 Å². The average molecular weight is 326 g/mol. The minimum atomic E-state index is -3.12. The monoisotopic (exact) mass is 326 g/mol. The Morgan fingerprint density at radius 1 is 1.14 bits per heavy atom. The molecule has 124 valence electrons. The van der Waals surface area contributed by atoms with E-state index in [9.17, 15) is 13.2 Å². The van der Waals surface area contributed by atoms with Gasteiger partial charge in [-0.15, -0.1) is 0 Å². The molecule has 0 spiro atoms. The number of hydrogen-bond acceptors (Lipinski definition) is 3. The predicted molar refractivity (Wildman–Crippen MR) is 84.2 cm³/mol. The summed E-state index contributed by atoms with van der Waals surface area (Å²) < 4.78 is 23.7. The molecule has 4 rings (SSSR count). The van der Waals surface area contributed by atoms with Crippen molar-refractivity contribution in [3.63, 3.8) is 0 Å². The van der Waals surface area contributed by atoms with Crippen LogP contribution in [0, 0.1) is 23.7 Å². The van der Waals surface area contributed by atoms with Gasteiger partial charge in [-0.1, -0.05) is 0 Å². The molecular formula is C16H26N2O3S. The first-order valence-corrected chi connectivity index (χ1v) is 10.2. The molecule has 6 heteroatoms. The van der Waals surface area contributed by atoms with Crippen LogP contribution < -0.4 is 5.32 Å². The third-order valence-corrected chi connectivity index (χ3v) is 9.38. The topological polar surface area (TPSA) is 66.5 Å². The average Bonchev–Trinajstić information content (AvgIpc) is 2.86. The number of amides is 2. The summed E-state index contributed by atoms with van der Waals surface area (Å²) in [5, 5.41) is 3.20. The van der Waals surface area contributed by atoms with E-state index in [4.69, 9.17) is 0 Å². The first-order valence-electron chi connectivity index (χ1n) is 8.58. The Balaban J connectivity index is 1.38. The summed E-state index contributed by atoms with van der Waals surface area (Å²) in [5.74, 6) is 3.19. The molecule has 2 amide bonds. The molecule has 1 aliphatic heterocycles. The SMILES string of the molecule is CC1(C)CCN(C(=O)NC2[C@@H]3[C@H]4CC[C@@H](C4)[C@@H]23)CCS1(=O)=O. The Bertz CT molecular complexity index is 585. The highest BCUT2D eigenvalue weighted by atomic mass is 32.2. The number of carbonyl (C=O) groups is 1. The van der Waals surface area contributed by atoms with Crippen LogP contribution in [0.3, 0.4) is 0 Å². The molecule has 22 heavy (non-hydrogen) atoms. The number of urea groups is 1. The minimum absolute atomic E-state index is 0.0494. The Kier molecular flexibility index (Phi) is 3.10. The quantitative estimate of drug-likeness (QED) is 0.796. The molecule has 0 radical (unpaired) electrons. The first-order chi connectivity index (χ1) is 10.3. The van der Waals surface area contributed by atoms with Crippen molar-refractivity contribution >= 4 is 15.9 Å². The Hall–Kier alpha value is -0.780. The third kappa shape index (κ3) is 2.09. The second-order valence-electron chi connectivity index (χ2n) is 8.28. The molecule has 3 saturated carbocycles. The fourth-order valence-corrected chi connectivity index (χ4v) is 6.55. The maximum Gasteiger partial charge on any atom is 0.317 e. The molecule has 2 bridgehead atoms. The van der Waals surface area contributed by atoms with Gasteiger partial charge in [0.1, 0.15) is 0 Å². The predicted octanol–water partition coefficient (Wildman–Crippen LogP) is 1.64. The molecule has 4 aliphatic rings. The van der Waals surface area contributed by atoms with Gasteiger partial charge in [0.05, 0.1) is 10.5 Å². The zero-order valence-corrected chi connectivity index (χ0v) is 14.2. The second kappa shape index (κ2) is 4.62. The lowest BCUT2D eigenvalue weighted by molar-refractivity contribution is 0.197. The van der Waals surface area contributed by atoms with Crippen molar-refractivity contribution in [3.8, 4) is 0 Å². The molecule has 0 aromatic rings. The summed E-state index contributed by atoms with van der Waals surface area (Å²) in [5.41, 5.74) is 0. The largest absolute Gasteiger partial charge is 0.335 e. The number of fused-ring (bicyclic) bond motifs is 5. The van der Waals surface area contributed by atoms with Crippen molar-refractivity contribution < 1.29 is 13.2 Å². The van der Waals surface area contributed by atoms with Crippen molar-refractivity contribution in [1.29, 1.82) is 0 Å². The van der Waals surface area contributed by atoms with E-state index >= 15 is 0 Å². The van der Waals surface area contributed by atoms with Gasteiger partial charge < -0.3 is 10.2 Å². The van der Waals surface area contributed by atoms with Crippen LogP contribution >= 0.6 is 0 Å². The van der Waals surface area contributed by atoms with Crippen LogP contribution in [0.2, 0.25) is 0 Å². The molecule has 0 aromatic heterocycles. The van der Waals surface area contributed by atoms with Gasteiger partial charge in [-0.2, -0.15) is 0 Å². The highest BCUT2D eigenvalue weighted by Crippen LogP contribution is 2.65. The molecule has 4 fully saturated rings. The highest BCUT2D eigenvalue weighted by Gasteiger charge is 2.65. The second-order valence-corrected chi connectivity index (χ2v) is 11.0. The van der Waals surface area contributed by atoms with Crippen LogP contribution in [0.1, 0.15) is 39.5 Å². The fourth-order valence-electron chi connectivity index (χ4n) is 5.13. The number of nitrogens with one attached hydrogen (secondary N) is 1. The van der Waals surface area contributed by atoms with Crippen molar-refractivity contribution in [2.75, 3.05) is 18.8 Å². The normalized spacial score (nSPS) is 44.3. The maximum atomic E-state index is 12.5. The molecule has 5 nitrogen and oxygen atoms in total. The van der Waals surface area contributed by atoms with E-state index in [1.54, 1.807) is 18.7 Å². The summed E-state index contributed by atoms with van der Waals surface area (Å²) in [6.07, 6.45) is 4.58. The lowest BCUT2D eigenvalue weighted by Crippen LogP contribution is -2.43. The molecule has 1 heterocycles. The van der Waals surface area contributed by atoms with Gasteiger partial charge in [0.25, 0.3) is 0 Å². The lowest BCUT2D eigenvalue weighted by atomic mass is 10.0. The van der Waals surface area contributed by atoms with Crippen LogP contribution in [-0.2, 0) is 9.84 Å². The summed E-state index contributed by atoms with van der Waals surface area (Å²) in [6, 6.07) is 0.318. The molecule has 1 N–H and O–H groups in total. The van der Waals surface area contributed by atoms with Gasteiger partial charge in [0.15, 0.2) is 9.84 Å². The Labute approximate surface area is 132 Å². The first kappa shape index (κ1) is 14.8. The number of hydrogen-bond donors (Lipinski definition) is 1. The van der Waals surface area contributed by atoms with Gasteiger partial charge in [-0.05, 0) is 63.2 Å². The Morgan fingerprint density at radius 2 is 1.77 bits per heavy atom. The highest BCUT2D eigenvalue weighted by molar-refractivity contribution is 7.92. The van der Waals surface area contributed by atoms with E-state index in [0.717, 1.165) is 23.7 Å². The van der Waals surface area contributed by atoms with E-state index in [1.165, 1.54) is 19.3 Å². The Morgan fingerprint density at radius 3 is 2.41 bits per heavy atom. The van der Waals surface area contributed by atoms with Crippen LogP contribution in [0.25, 0.3) is 0 Å². The molecule has 3 aliphatic carbocycles. The van der Waals surface area contributed by atoms with Crippen LogP contribution in [-0.4, -0.2) is 49.0 Å². The minimum Gasteiger partial charge on any atom is -0.335 e. The van der Waals surface area contributed by atoms with Crippen molar-refractivity contribution in [2.24, 2.45) is 23.7 Å². The summed E-state index contributed by atoms with van der Waals surface area (Å²) in [4.78, 5) is 14.2. The van der Waals surface area contributed by atoms with E-state index in [-0.39, 0.29) is 11.8 Å². The zero-order valence-electron chi connectivity index (χ0n) is 13.4. The number of carbonyl (C=O) groups excluding carboxylic acids is 1. The van der Waals surface area contributed by atoms with Crippen molar-refractivity contribution in [3.05, 3.63) is 0 Å². The van der Waals surface area contributed by atoms with E-state index < -0.39 is 14.6 Å². The molecule has 4 atom stereocenters. The molecule has 1 saturated heterocycles.